The van der Waals surface area contributed by atoms with Crippen LogP contribution in [0.2, 0.25) is 0 Å². The Morgan fingerprint density at radius 3 is 2.82 bits per heavy atom. The molecule has 0 aliphatic carbocycles. The first kappa shape index (κ1) is 16.0. The van der Waals surface area contributed by atoms with Crippen LogP contribution in [0, 0.1) is 17.0 Å². The first-order valence-corrected chi connectivity index (χ1v) is 6.73. The second-order valence-electron chi connectivity index (χ2n) is 4.72. The van der Waals surface area contributed by atoms with E-state index in [-0.39, 0.29) is 25.5 Å². The lowest BCUT2D eigenvalue weighted by Crippen LogP contribution is -2.23. The second-order valence-corrected chi connectivity index (χ2v) is 4.72. The summed E-state index contributed by atoms with van der Waals surface area (Å²) in [6.07, 6.45) is 0.706. The second kappa shape index (κ2) is 7.58. The Morgan fingerprint density at radius 2 is 2.14 bits per heavy atom. The molecule has 1 unspecified atom stereocenters. The van der Waals surface area contributed by atoms with Crippen LogP contribution < -0.4 is 4.74 Å². The van der Waals surface area contributed by atoms with E-state index in [0.29, 0.717) is 17.1 Å². The summed E-state index contributed by atoms with van der Waals surface area (Å²) in [6.45, 7) is 1.93. The van der Waals surface area contributed by atoms with Gasteiger partial charge in [-0.2, -0.15) is 0 Å². The molecule has 0 spiro atoms. The van der Waals surface area contributed by atoms with Crippen molar-refractivity contribution in [2.75, 3.05) is 13.2 Å². The van der Waals surface area contributed by atoms with Gasteiger partial charge in [0.25, 0.3) is 5.69 Å². The van der Waals surface area contributed by atoms with Crippen molar-refractivity contribution in [2.24, 2.45) is 0 Å². The Bertz CT molecular complexity index is 611. The fourth-order valence-electron chi connectivity index (χ4n) is 1.88. The lowest BCUT2D eigenvalue weighted by molar-refractivity contribution is -0.385. The lowest BCUT2D eigenvalue weighted by Gasteiger charge is -2.13. The lowest BCUT2D eigenvalue weighted by atomic mass is 10.2. The van der Waals surface area contributed by atoms with Gasteiger partial charge in [0.05, 0.1) is 23.4 Å². The van der Waals surface area contributed by atoms with Crippen molar-refractivity contribution in [3.8, 4) is 5.75 Å². The molecular weight excluding hydrogens is 290 g/mol. The number of hydrogen-bond acceptors (Lipinski definition) is 6. The van der Waals surface area contributed by atoms with E-state index in [2.05, 4.69) is 0 Å². The van der Waals surface area contributed by atoms with Crippen molar-refractivity contribution in [3.05, 3.63) is 58.0 Å². The van der Waals surface area contributed by atoms with E-state index in [1.54, 1.807) is 37.5 Å². The number of aliphatic hydroxyl groups excluding tert-OH is 1. The van der Waals surface area contributed by atoms with Gasteiger partial charge in [0.1, 0.15) is 30.8 Å². The van der Waals surface area contributed by atoms with Crippen LogP contribution in [0.5, 0.6) is 5.75 Å². The topological polar surface area (TPSA) is 95.0 Å². The standard InChI is InChI=1S/C15H17NO6/c1-11-14(16(18)19)5-2-6-15(11)22-9-12(17)8-20-10-13-4-3-7-21-13/h2-7,12,17H,8-10H2,1H3. The van der Waals surface area contributed by atoms with Crippen LogP contribution in [0.1, 0.15) is 11.3 Å². The van der Waals surface area contributed by atoms with Gasteiger partial charge < -0.3 is 19.0 Å². The first-order valence-electron chi connectivity index (χ1n) is 6.73. The van der Waals surface area contributed by atoms with E-state index >= 15 is 0 Å². The van der Waals surface area contributed by atoms with Crippen LogP contribution >= 0.6 is 0 Å². The highest BCUT2D eigenvalue weighted by Crippen LogP contribution is 2.26. The van der Waals surface area contributed by atoms with Gasteiger partial charge in [0.15, 0.2) is 0 Å². The molecule has 2 aromatic rings. The summed E-state index contributed by atoms with van der Waals surface area (Å²) in [5, 5.41) is 20.6. The van der Waals surface area contributed by atoms with Gasteiger partial charge in [-0.1, -0.05) is 6.07 Å². The summed E-state index contributed by atoms with van der Waals surface area (Å²) in [7, 11) is 0. The number of benzene rings is 1. The molecule has 0 fully saturated rings. The predicted molar refractivity (Wildman–Crippen MR) is 77.7 cm³/mol. The molecule has 7 heteroatoms. The molecule has 22 heavy (non-hydrogen) atoms. The molecule has 1 N–H and O–H groups in total. The fraction of sp³-hybridized carbons (Fsp3) is 0.333. The molecule has 118 valence electrons. The molecule has 0 bridgehead atoms. The zero-order chi connectivity index (χ0) is 15.9. The Morgan fingerprint density at radius 1 is 1.32 bits per heavy atom. The molecule has 0 aliphatic rings. The molecule has 1 heterocycles. The minimum absolute atomic E-state index is 0.0129. The average molecular weight is 307 g/mol. The van der Waals surface area contributed by atoms with Crippen LogP contribution in [0.4, 0.5) is 5.69 Å². The molecule has 0 aliphatic heterocycles. The highest BCUT2D eigenvalue weighted by molar-refractivity contribution is 5.48. The molecule has 0 amide bonds. The monoisotopic (exact) mass is 307 g/mol. The highest BCUT2D eigenvalue weighted by atomic mass is 16.6. The van der Waals surface area contributed by atoms with Crippen molar-refractivity contribution in [1.29, 1.82) is 0 Å². The predicted octanol–water partition coefficient (Wildman–Crippen LogP) is 2.45. The van der Waals surface area contributed by atoms with Crippen molar-refractivity contribution in [1.82, 2.24) is 0 Å². The third-order valence-corrected chi connectivity index (χ3v) is 3.02. The maximum absolute atomic E-state index is 10.8. The Hall–Kier alpha value is -2.38. The maximum Gasteiger partial charge on any atom is 0.276 e. The van der Waals surface area contributed by atoms with Crippen molar-refractivity contribution < 1.29 is 23.9 Å². The fourth-order valence-corrected chi connectivity index (χ4v) is 1.88. The summed E-state index contributed by atoms with van der Waals surface area (Å²) in [5.74, 6) is 1.04. The van der Waals surface area contributed by atoms with Crippen LogP contribution in [0.3, 0.4) is 0 Å². The summed E-state index contributed by atoms with van der Waals surface area (Å²) in [6, 6.07) is 8.10. The molecule has 0 radical (unpaired) electrons. The van der Waals surface area contributed by atoms with Gasteiger partial charge in [0, 0.05) is 6.07 Å². The van der Waals surface area contributed by atoms with Gasteiger partial charge in [0.2, 0.25) is 0 Å². The molecule has 0 saturated heterocycles. The van der Waals surface area contributed by atoms with Gasteiger partial charge in [-0.05, 0) is 25.1 Å². The normalized spacial score (nSPS) is 12.1. The third-order valence-electron chi connectivity index (χ3n) is 3.02. The Balaban J connectivity index is 1.79. The van der Waals surface area contributed by atoms with Gasteiger partial charge in [-0.3, -0.25) is 10.1 Å². The molecule has 7 nitrogen and oxygen atoms in total. The van der Waals surface area contributed by atoms with E-state index < -0.39 is 11.0 Å². The van der Waals surface area contributed by atoms with E-state index in [4.69, 9.17) is 13.9 Å². The van der Waals surface area contributed by atoms with Crippen LogP contribution in [0.15, 0.2) is 41.0 Å². The minimum atomic E-state index is -0.839. The van der Waals surface area contributed by atoms with Crippen molar-refractivity contribution in [2.45, 2.75) is 19.6 Å². The van der Waals surface area contributed by atoms with Crippen LogP contribution in [-0.4, -0.2) is 29.3 Å². The smallest absolute Gasteiger partial charge is 0.276 e. The van der Waals surface area contributed by atoms with Crippen molar-refractivity contribution in [3.63, 3.8) is 0 Å². The Labute approximate surface area is 127 Å². The molecule has 1 aromatic carbocycles. The van der Waals surface area contributed by atoms with Gasteiger partial charge in [-0.25, -0.2) is 0 Å². The van der Waals surface area contributed by atoms with E-state index in [0.717, 1.165) is 0 Å². The SMILES string of the molecule is Cc1c(OCC(O)COCc2ccco2)cccc1[N+](=O)[O-]. The summed E-state index contributed by atoms with van der Waals surface area (Å²) < 4.78 is 15.8. The molecule has 1 atom stereocenters. The van der Waals surface area contributed by atoms with Crippen molar-refractivity contribution >= 4 is 5.69 Å². The zero-order valence-corrected chi connectivity index (χ0v) is 12.1. The number of ether oxygens (including phenoxy) is 2. The summed E-state index contributed by atoms with van der Waals surface area (Å²) >= 11 is 0. The summed E-state index contributed by atoms with van der Waals surface area (Å²) in [4.78, 5) is 10.4. The number of nitrogens with zero attached hydrogens (tertiary/aromatic N) is 1. The Kier molecular flexibility index (Phi) is 5.51. The van der Waals surface area contributed by atoms with E-state index in [9.17, 15) is 15.2 Å². The number of nitro groups is 1. The third kappa shape index (κ3) is 4.31. The van der Waals surface area contributed by atoms with Gasteiger partial charge >= 0.3 is 0 Å². The van der Waals surface area contributed by atoms with Crippen LogP contribution in [0.25, 0.3) is 0 Å². The number of aliphatic hydroxyl groups is 1. The molecule has 0 saturated carbocycles. The van der Waals surface area contributed by atoms with E-state index in [1.807, 2.05) is 0 Å². The number of nitro benzene ring substituents is 1. The van der Waals surface area contributed by atoms with Gasteiger partial charge in [-0.15, -0.1) is 0 Å². The highest BCUT2D eigenvalue weighted by Gasteiger charge is 2.15. The largest absolute Gasteiger partial charge is 0.490 e. The quantitative estimate of drug-likeness (QED) is 0.594. The molecule has 1 aromatic heterocycles. The van der Waals surface area contributed by atoms with E-state index in [1.165, 1.54) is 6.07 Å². The molecular formula is C15H17NO6. The number of furan rings is 1. The number of hydrogen-bond donors (Lipinski definition) is 1. The average Bonchev–Trinajstić information content (AvgIpc) is 2.99. The van der Waals surface area contributed by atoms with Crippen LogP contribution in [-0.2, 0) is 11.3 Å². The molecule has 2 rings (SSSR count). The minimum Gasteiger partial charge on any atom is -0.490 e. The number of rotatable bonds is 8. The summed E-state index contributed by atoms with van der Waals surface area (Å²) in [5.41, 5.74) is 0.414. The first-order chi connectivity index (χ1) is 10.6. The zero-order valence-electron chi connectivity index (χ0n) is 12.1. The maximum atomic E-state index is 10.8.